The maximum absolute atomic E-state index is 5.97. The Morgan fingerprint density at radius 1 is 1.00 bits per heavy atom. The van der Waals surface area contributed by atoms with Crippen molar-refractivity contribution in [2.45, 2.75) is 44.6 Å². The van der Waals surface area contributed by atoms with Gasteiger partial charge in [0.1, 0.15) is 0 Å². The van der Waals surface area contributed by atoms with Gasteiger partial charge in [0, 0.05) is 11.0 Å². The van der Waals surface area contributed by atoms with Crippen LogP contribution in [0.3, 0.4) is 0 Å². The summed E-state index contributed by atoms with van der Waals surface area (Å²) >= 11 is 3.67. The first-order chi connectivity index (χ1) is 9.31. The highest BCUT2D eigenvalue weighted by atomic mass is 79.9. The molecule has 0 atom stereocenters. The molecule has 2 aromatic carbocycles. The van der Waals surface area contributed by atoms with E-state index in [1.54, 1.807) is 0 Å². The molecule has 0 aliphatic heterocycles. The zero-order chi connectivity index (χ0) is 13.2. The first-order valence-corrected chi connectivity index (χ1v) is 8.00. The molecule has 0 amide bonds. The largest absolute Gasteiger partial charge is 0.326 e. The van der Waals surface area contributed by atoms with E-state index in [9.17, 15) is 0 Å². The minimum atomic E-state index is 0.647. The molecule has 1 fully saturated rings. The van der Waals surface area contributed by atoms with Crippen molar-refractivity contribution >= 4 is 26.7 Å². The quantitative estimate of drug-likeness (QED) is 0.818. The number of hydrogen-bond donors (Lipinski definition) is 1. The van der Waals surface area contributed by atoms with E-state index >= 15 is 0 Å². The van der Waals surface area contributed by atoms with Crippen molar-refractivity contribution < 1.29 is 0 Å². The molecule has 100 valence electrons. The summed E-state index contributed by atoms with van der Waals surface area (Å²) in [6, 6.07) is 10.9. The highest BCUT2D eigenvalue weighted by molar-refractivity contribution is 9.10. The summed E-state index contributed by atoms with van der Waals surface area (Å²) in [6.07, 6.45) is 6.75. The fourth-order valence-electron chi connectivity index (χ4n) is 3.44. The summed E-state index contributed by atoms with van der Waals surface area (Å²) in [5.41, 5.74) is 8.82. The van der Waals surface area contributed by atoms with E-state index < -0.39 is 0 Å². The predicted octanol–water partition coefficient (Wildman–Crippen LogP) is 5.11. The number of fused-ring (bicyclic) bond motifs is 1. The van der Waals surface area contributed by atoms with Crippen LogP contribution in [0.25, 0.3) is 10.8 Å². The predicted molar refractivity (Wildman–Crippen MR) is 85.4 cm³/mol. The van der Waals surface area contributed by atoms with Gasteiger partial charge in [-0.05, 0) is 46.7 Å². The zero-order valence-electron chi connectivity index (χ0n) is 11.2. The molecule has 1 aliphatic carbocycles. The molecular weight excluding hydrogens is 298 g/mol. The molecule has 0 heterocycles. The monoisotopic (exact) mass is 317 g/mol. The molecule has 0 saturated heterocycles. The molecule has 3 rings (SSSR count). The van der Waals surface area contributed by atoms with Gasteiger partial charge in [-0.15, -0.1) is 0 Å². The Bertz CT molecular complexity index is 585. The molecule has 2 N–H and O–H groups in total. The lowest BCUT2D eigenvalue weighted by Crippen LogP contribution is -2.10. The molecule has 2 heteroatoms. The summed E-state index contributed by atoms with van der Waals surface area (Å²) in [7, 11) is 0. The Kier molecular flexibility index (Phi) is 3.90. The number of benzene rings is 2. The van der Waals surface area contributed by atoms with Gasteiger partial charge in [0.25, 0.3) is 0 Å². The van der Waals surface area contributed by atoms with Crippen LogP contribution < -0.4 is 5.73 Å². The van der Waals surface area contributed by atoms with E-state index in [2.05, 4.69) is 46.3 Å². The van der Waals surface area contributed by atoms with Crippen LogP contribution in [0.4, 0.5) is 0 Å². The molecule has 1 aliphatic rings. The van der Waals surface area contributed by atoms with Crippen LogP contribution in [0.1, 0.15) is 49.1 Å². The van der Waals surface area contributed by atoms with Crippen molar-refractivity contribution in [2.75, 3.05) is 0 Å². The molecule has 0 bridgehead atoms. The first kappa shape index (κ1) is 13.1. The van der Waals surface area contributed by atoms with Crippen molar-refractivity contribution in [2.24, 2.45) is 5.73 Å². The molecule has 2 aromatic rings. The maximum Gasteiger partial charge on any atom is 0.0253 e. The van der Waals surface area contributed by atoms with Crippen LogP contribution in [0.15, 0.2) is 34.8 Å². The molecule has 0 radical (unpaired) electrons. The van der Waals surface area contributed by atoms with Gasteiger partial charge < -0.3 is 5.73 Å². The lowest BCUT2D eigenvalue weighted by atomic mass is 9.80. The second kappa shape index (κ2) is 5.64. The van der Waals surface area contributed by atoms with Gasteiger partial charge >= 0.3 is 0 Å². The number of hydrogen-bond acceptors (Lipinski definition) is 1. The summed E-state index contributed by atoms with van der Waals surface area (Å²) in [5, 5.41) is 2.71. The molecular formula is C17H20BrN. The lowest BCUT2D eigenvalue weighted by molar-refractivity contribution is 0.443. The highest BCUT2D eigenvalue weighted by Gasteiger charge is 2.20. The number of halogens is 1. The van der Waals surface area contributed by atoms with Crippen molar-refractivity contribution in [1.82, 2.24) is 0 Å². The van der Waals surface area contributed by atoms with Crippen LogP contribution in [0, 0.1) is 0 Å². The average Bonchev–Trinajstić information content (AvgIpc) is 2.47. The Hall–Kier alpha value is -0.860. The van der Waals surface area contributed by atoms with E-state index in [1.165, 1.54) is 58.5 Å². The molecule has 0 aromatic heterocycles. The van der Waals surface area contributed by atoms with Gasteiger partial charge in [0.05, 0.1) is 0 Å². The van der Waals surface area contributed by atoms with E-state index in [0.29, 0.717) is 12.5 Å². The Morgan fingerprint density at radius 2 is 1.79 bits per heavy atom. The molecule has 0 unspecified atom stereocenters. The fourth-order valence-corrected chi connectivity index (χ4v) is 3.94. The number of nitrogens with two attached hydrogens (primary N) is 1. The normalized spacial score (nSPS) is 16.9. The molecule has 1 nitrogen and oxygen atoms in total. The molecule has 0 spiro atoms. The van der Waals surface area contributed by atoms with Gasteiger partial charge in [-0.25, -0.2) is 0 Å². The molecule has 19 heavy (non-hydrogen) atoms. The smallest absolute Gasteiger partial charge is 0.0253 e. The third kappa shape index (κ3) is 2.44. The summed E-state index contributed by atoms with van der Waals surface area (Å²) in [4.78, 5) is 0. The Labute approximate surface area is 123 Å². The van der Waals surface area contributed by atoms with Crippen LogP contribution in [-0.4, -0.2) is 0 Å². The van der Waals surface area contributed by atoms with Crippen LogP contribution in [0.5, 0.6) is 0 Å². The lowest BCUT2D eigenvalue weighted by Gasteiger charge is -2.26. The minimum absolute atomic E-state index is 0.647. The second-order valence-corrected chi connectivity index (χ2v) is 6.37. The van der Waals surface area contributed by atoms with Crippen molar-refractivity contribution in [1.29, 1.82) is 0 Å². The second-order valence-electron chi connectivity index (χ2n) is 5.51. The summed E-state index contributed by atoms with van der Waals surface area (Å²) in [5.74, 6) is 0.699. The van der Waals surface area contributed by atoms with Gasteiger partial charge in [0.15, 0.2) is 0 Å². The van der Waals surface area contributed by atoms with Crippen molar-refractivity contribution in [3.8, 4) is 0 Å². The van der Waals surface area contributed by atoms with Gasteiger partial charge in [-0.1, -0.05) is 59.5 Å². The summed E-state index contributed by atoms with van der Waals surface area (Å²) < 4.78 is 1.19. The van der Waals surface area contributed by atoms with E-state index in [4.69, 9.17) is 5.73 Å². The van der Waals surface area contributed by atoms with Crippen LogP contribution >= 0.6 is 15.9 Å². The third-order valence-electron chi connectivity index (χ3n) is 4.37. The minimum Gasteiger partial charge on any atom is -0.326 e. The van der Waals surface area contributed by atoms with Gasteiger partial charge in [-0.3, -0.25) is 0 Å². The van der Waals surface area contributed by atoms with Gasteiger partial charge in [-0.2, -0.15) is 0 Å². The van der Waals surface area contributed by atoms with Gasteiger partial charge in [0.2, 0.25) is 0 Å². The maximum atomic E-state index is 5.97. The highest BCUT2D eigenvalue weighted by Crippen LogP contribution is 2.39. The zero-order valence-corrected chi connectivity index (χ0v) is 12.7. The topological polar surface area (TPSA) is 26.0 Å². The summed E-state index contributed by atoms with van der Waals surface area (Å²) in [6.45, 7) is 0.647. The fraction of sp³-hybridized carbons (Fsp3) is 0.412. The first-order valence-electron chi connectivity index (χ1n) is 7.21. The SMILES string of the molecule is NCc1ccc2c(Br)cccc2c1C1CCCCC1. The molecule has 1 saturated carbocycles. The van der Waals surface area contributed by atoms with E-state index in [1.807, 2.05) is 0 Å². The number of rotatable bonds is 2. The van der Waals surface area contributed by atoms with Crippen molar-refractivity contribution in [3.05, 3.63) is 45.9 Å². The Morgan fingerprint density at radius 3 is 2.53 bits per heavy atom. The van der Waals surface area contributed by atoms with E-state index in [-0.39, 0.29) is 0 Å². The average molecular weight is 318 g/mol. The third-order valence-corrected chi connectivity index (χ3v) is 5.07. The standard InChI is InChI=1S/C17H20BrN/c18-16-8-4-7-15-14(16)10-9-13(11-19)17(15)12-5-2-1-3-6-12/h4,7-10,12H,1-3,5-6,11,19H2. The van der Waals surface area contributed by atoms with Crippen LogP contribution in [-0.2, 0) is 6.54 Å². The van der Waals surface area contributed by atoms with Crippen LogP contribution in [0.2, 0.25) is 0 Å². The van der Waals surface area contributed by atoms with Crippen molar-refractivity contribution in [3.63, 3.8) is 0 Å². The van der Waals surface area contributed by atoms with E-state index in [0.717, 1.165) is 0 Å². The Balaban J connectivity index is 2.20.